The zero-order valence-electron chi connectivity index (χ0n) is 9.80. The Morgan fingerprint density at radius 1 is 1.47 bits per heavy atom. The minimum absolute atomic E-state index is 0.122. The molecular formula is C11H15N3O3. The third-order valence-corrected chi connectivity index (χ3v) is 2.23. The summed E-state index contributed by atoms with van der Waals surface area (Å²) in [5.41, 5.74) is 1.00. The maximum Gasteiger partial charge on any atom is 0.321 e. The van der Waals surface area contributed by atoms with Crippen LogP contribution in [0.5, 0.6) is 0 Å². The monoisotopic (exact) mass is 237 g/mol. The quantitative estimate of drug-likeness (QED) is 0.824. The molecule has 0 spiro atoms. The van der Waals surface area contributed by atoms with Crippen LogP contribution in [0.3, 0.4) is 0 Å². The first-order valence-corrected chi connectivity index (χ1v) is 5.21. The largest absolute Gasteiger partial charge is 0.481 e. The van der Waals surface area contributed by atoms with Crippen molar-refractivity contribution in [2.75, 3.05) is 18.9 Å². The molecule has 92 valence electrons. The average molecular weight is 237 g/mol. The fourth-order valence-electron chi connectivity index (χ4n) is 1.12. The lowest BCUT2D eigenvalue weighted by atomic mass is 10.2. The van der Waals surface area contributed by atoms with Crippen molar-refractivity contribution in [3.63, 3.8) is 0 Å². The lowest BCUT2D eigenvalue weighted by molar-refractivity contribution is -0.136. The predicted octanol–water partition coefficient (Wildman–Crippen LogP) is 1.19. The molecule has 0 unspecified atom stereocenters. The number of urea groups is 1. The third-order valence-electron chi connectivity index (χ3n) is 2.23. The number of anilines is 1. The number of carboxylic acid groups (broad SMARTS) is 1. The summed E-state index contributed by atoms with van der Waals surface area (Å²) in [5.74, 6) is -0.931. The molecule has 0 radical (unpaired) electrons. The van der Waals surface area contributed by atoms with Crippen molar-refractivity contribution in [3.8, 4) is 0 Å². The number of aromatic nitrogens is 1. The Hall–Kier alpha value is -2.11. The Kier molecular flexibility index (Phi) is 4.45. The van der Waals surface area contributed by atoms with Crippen LogP contribution in [-0.2, 0) is 11.2 Å². The van der Waals surface area contributed by atoms with E-state index in [0.717, 1.165) is 0 Å². The van der Waals surface area contributed by atoms with Gasteiger partial charge in [-0.25, -0.2) is 4.79 Å². The number of amides is 2. The number of carboxylic acids is 1. The Morgan fingerprint density at radius 2 is 2.18 bits per heavy atom. The molecule has 6 nitrogen and oxygen atoms in total. The van der Waals surface area contributed by atoms with Crippen LogP contribution in [0.25, 0.3) is 0 Å². The van der Waals surface area contributed by atoms with E-state index in [1.807, 2.05) is 6.92 Å². The van der Waals surface area contributed by atoms with E-state index < -0.39 is 5.97 Å². The molecule has 0 aromatic carbocycles. The van der Waals surface area contributed by atoms with Crippen LogP contribution >= 0.6 is 0 Å². The second-order valence-corrected chi connectivity index (χ2v) is 3.55. The first kappa shape index (κ1) is 13.0. The van der Waals surface area contributed by atoms with Crippen LogP contribution in [0, 0.1) is 0 Å². The molecule has 1 aromatic heterocycles. The molecule has 0 aliphatic heterocycles. The minimum atomic E-state index is -0.931. The number of carbonyl (C=O) groups is 2. The highest BCUT2D eigenvalue weighted by Crippen LogP contribution is 2.07. The maximum atomic E-state index is 11.5. The lowest BCUT2D eigenvalue weighted by Gasteiger charge is -2.15. The molecule has 1 heterocycles. The van der Waals surface area contributed by atoms with Gasteiger partial charge in [0, 0.05) is 13.6 Å². The molecule has 2 N–H and O–H groups in total. The second-order valence-electron chi connectivity index (χ2n) is 3.55. The van der Waals surface area contributed by atoms with Gasteiger partial charge in [-0.1, -0.05) is 0 Å². The van der Waals surface area contributed by atoms with Gasteiger partial charge in [-0.3, -0.25) is 9.78 Å². The summed E-state index contributed by atoms with van der Waals surface area (Å²) < 4.78 is 0. The Morgan fingerprint density at radius 3 is 2.65 bits per heavy atom. The summed E-state index contributed by atoms with van der Waals surface area (Å²) in [5, 5.41) is 11.2. The predicted molar refractivity (Wildman–Crippen MR) is 62.9 cm³/mol. The number of carbonyl (C=O) groups excluding carboxylic acids is 1. The van der Waals surface area contributed by atoms with Gasteiger partial charge in [0.2, 0.25) is 0 Å². The first-order chi connectivity index (χ1) is 8.02. The van der Waals surface area contributed by atoms with Crippen LogP contribution in [0.1, 0.15) is 12.6 Å². The molecule has 0 aliphatic rings. The van der Waals surface area contributed by atoms with Gasteiger partial charge >= 0.3 is 12.0 Å². The molecular weight excluding hydrogens is 222 g/mol. The molecule has 0 atom stereocenters. The Bertz CT molecular complexity index is 403. The highest BCUT2D eigenvalue weighted by Gasteiger charge is 2.07. The van der Waals surface area contributed by atoms with Crippen LogP contribution in [0.15, 0.2) is 18.3 Å². The fourth-order valence-corrected chi connectivity index (χ4v) is 1.12. The number of hydrogen-bond donors (Lipinski definition) is 2. The van der Waals surface area contributed by atoms with Gasteiger partial charge in [0.15, 0.2) is 0 Å². The molecule has 1 aromatic rings. The summed E-state index contributed by atoms with van der Waals surface area (Å²) >= 11 is 0. The lowest BCUT2D eigenvalue weighted by Crippen LogP contribution is -2.30. The molecule has 0 saturated heterocycles. The van der Waals surface area contributed by atoms with E-state index in [1.54, 1.807) is 19.2 Å². The number of pyridine rings is 1. The molecule has 1 rings (SSSR count). The summed E-state index contributed by atoms with van der Waals surface area (Å²) in [7, 11) is 1.68. The summed E-state index contributed by atoms with van der Waals surface area (Å²) in [4.78, 5) is 27.4. The average Bonchev–Trinajstić information content (AvgIpc) is 2.30. The van der Waals surface area contributed by atoms with Gasteiger partial charge in [-0.15, -0.1) is 0 Å². The third kappa shape index (κ3) is 4.10. The van der Waals surface area contributed by atoms with Gasteiger partial charge in [-0.05, 0) is 19.1 Å². The SMILES string of the molecule is CCN(C)C(=O)Nc1ccc(CC(=O)O)nc1. The number of hydrogen-bond acceptors (Lipinski definition) is 3. The smallest absolute Gasteiger partial charge is 0.321 e. The van der Waals surface area contributed by atoms with Crippen molar-refractivity contribution < 1.29 is 14.7 Å². The number of nitrogens with one attached hydrogen (secondary N) is 1. The molecule has 2 amide bonds. The van der Waals surface area contributed by atoms with Crippen molar-refractivity contribution in [1.82, 2.24) is 9.88 Å². The van der Waals surface area contributed by atoms with E-state index in [2.05, 4.69) is 10.3 Å². The van der Waals surface area contributed by atoms with Crippen molar-refractivity contribution in [2.45, 2.75) is 13.3 Å². The molecule has 0 saturated carbocycles. The minimum Gasteiger partial charge on any atom is -0.481 e. The van der Waals surface area contributed by atoms with Crippen molar-refractivity contribution >= 4 is 17.7 Å². The Balaban J connectivity index is 2.62. The Labute approximate surface area is 99.3 Å². The second kappa shape index (κ2) is 5.83. The van der Waals surface area contributed by atoms with Gasteiger partial charge in [-0.2, -0.15) is 0 Å². The summed E-state index contributed by atoms with van der Waals surface area (Å²) in [6, 6.07) is 2.99. The van der Waals surface area contributed by atoms with Crippen LogP contribution in [-0.4, -0.2) is 40.6 Å². The van der Waals surface area contributed by atoms with Gasteiger partial charge in [0.25, 0.3) is 0 Å². The van der Waals surface area contributed by atoms with Crippen molar-refractivity contribution in [3.05, 3.63) is 24.0 Å². The molecule has 6 heteroatoms. The van der Waals surface area contributed by atoms with Gasteiger partial charge < -0.3 is 15.3 Å². The van der Waals surface area contributed by atoms with Gasteiger partial charge in [0.05, 0.1) is 24.0 Å². The van der Waals surface area contributed by atoms with E-state index in [0.29, 0.717) is 17.9 Å². The summed E-state index contributed by atoms with van der Waals surface area (Å²) in [6.45, 7) is 2.48. The highest BCUT2D eigenvalue weighted by molar-refractivity contribution is 5.88. The van der Waals surface area contributed by atoms with Gasteiger partial charge in [0.1, 0.15) is 0 Å². The van der Waals surface area contributed by atoms with Crippen molar-refractivity contribution in [1.29, 1.82) is 0 Å². The number of rotatable bonds is 4. The van der Waals surface area contributed by atoms with Crippen LogP contribution < -0.4 is 5.32 Å². The van der Waals surface area contributed by atoms with Crippen molar-refractivity contribution in [2.24, 2.45) is 0 Å². The maximum absolute atomic E-state index is 11.5. The van der Waals surface area contributed by atoms with E-state index in [4.69, 9.17) is 5.11 Å². The zero-order valence-corrected chi connectivity index (χ0v) is 9.80. The topological polar surface area (TPSA) is 82.5 Å². The molecule has 0 aliphatic carbocycles. The first-order valence-electron chi connectivity index (χ1n) is 5.21. The van der Waals surface area contributed by atoms with E-state index in [-0.39, 0.29) is 12.5 Å². The normalized spacial score (nSPS) is 9.76. The highest BCUT2D eigenvalue weighted by atomic mass is 16.4. The van der Waals surface area contributed by atoms with E-state index >= 15 is 0 Å². The molecule has 17 heavy (non-hydrogen) atoms. The number of aliphatic carboxylic acids is 1. The van der Waals surface area contributed by atoms with Crippen LogP contribution in [0.2, 0.25) is 0 Å². The van der Waals surface area contributed by atoms with Crippen LogP contribution in [0.4, 0.5) is 10.5 Å². The standard InChI is InChI=1S/C11H15N3O3/c1-3-14(2)11(17)13-9-5-4-8(12-7-9)6-10(15)16/h4-5,7H,3,6H2,1-2H3,(H,13,17)(H,15,16). The number of nitrogens with zero attached hydrogens (tertiary/aromatic N) is 2. The molecule has 0 bridgehead atoms. The fraction of sp³-hybridized carbons (Fsp3) is 0.364. The molecule has 0 fully saturated rings. The van der Waals surface area contributed by atoms with E-state index in [1.165, 1.54) is 11.1 Å². The summed E-state index contributed by atoms with van der Waals surface area (Å²) in [6.07, 6.45) is 1.32. The zero-order chi connectivity index (χ0) is 12.8. The van der Waals surface area contributed by atoms with E-state index in [9.17, 15) is 9.59 Å².